The number of nitrogens with zero attached hydrogens (tertiary/aromatic N) is 1. The lowest BCUT2D eigenvalue weighted by Gasteiger charge is -2.47. The number of ether oxygens (including phenoxy) is 1. The topological polar surface area (TPSA) is 80.0 Å². The standard InChI is InChI=1S/C21H25NO5/c1-26-16-5-6-17-14(11-20(24)27-18(17)12-16)10-19(23)22-9-8-21(25)7-3-2-4-15(21)13-22/h5-6,11-12,15,25H,2-4,7-10,13H2,1H3/t15-,21-/m1/s1. The molecule has 1 saturated carbocycles. The van der Waals surface area contributed by atoms with Crippen LogP contribution in [0.3, 0.4) is 0 Å². The molecule has 2 aromatic rings. The lowest BCUT2D eigenvalue weighted by atomic mass is 9.71. The molecule has 1 aliphatic carbocycles. The second-order valence-electron chi connectivity index (χ2n) is 7.77. The summed E-state index contributed by atoms with van der Waals surface area (Å²) < 4.78 is 10.4. The van der Waals surface area contributed by atoms with Crippen LogP contribution in [-0.2, 0) is 11.2 Å². The maximum atomic E-state index is 12.9. The molecule has 2 heterocycles. The van der Waals surface area contributed by atoms with Gasteiger partial charge in [0.05, 0.1) is 19.1 Å². The van der Waals surface area contributed by atoms with Gasteiger partial charge < -0.3 is 19.2 Å². The Kier molecular flexibility index (Phi) is 4.68. The van der Waals surface area contributed by atoms with Gasteiger partial charge in [0, 0.05) is 36.5 Å². The molecule has 0 bridgehead atoms. The third kappa shape index (κ3) is 3.46. The summed E-state index contributed by atoms with van der Waals surface area (Å²) in [6, 6.07) is 6.66. The van der Waals surface area contributed by atoms with Crippen LogP contribution in [0, 0.1) is 5.92 Å². The smallest absolute Gasteiger partial charge is 0.336 e. The number of fused-ring (bicyclic) bond motifs is 2. The maximum absolute atomic E-state index is 12.9. The normalized spacial score (nSPS) is 25.3. The summed E-state index contributed by atoms with van der Waals surface area (Å²) in [5.74, 6) is 0.748. The van der Waals surface area contributed by atoms with E-state index in [1.807, 2.05) is 11.0 Å². The number of hydrogen-bond acceptors (Lipinski definition) is 5. The van der Waals surface area contributed by atoms with Gasteiger partial charge in [0.1, 0.15) is 11.3 Å². The fraction of sp³-hybridized carbons (Fsp3) is 0.524. The van der Waals surface area contributed by atoms with Crippen LogP contribution in [0.25, 0.3) is 11.0 Å². The molecule has 27 heavy (non-hydrogen) atoms. The molecule has 1 N–H and O–H groups in total. The maximum Gasteiger partial charge on any atom is 0.336 e. The summed E-state index contributed by atoms with van der Waals surface area (Å²) in [7, 11) is 1.55. The highest BCUT2D eigenvalue weighted by molar-refractivity contribution is 5.87. The SMILES string of the molecule is COc1ccc2c(CC(=O)N3CC[C@]4(O)CCCC[C@@H]4C3)cc(=O)oc2c1. The number of benzene rings is 1. The molecule has 1 aromatic carbocycles. The van der Waals surface area contributed by atoms with E-state index in [9.17, 15) is 14.7 Å². The minimum atomic E-state index is -0.605. The summed E-state index contributed by atoms with van der Waals surface area (Å²) in [4.78, 5) is 26.7. The number of likely N-dealkylation sites (tertiary alicyclic amines) is 1. The van der Waals surface area contributed by atoms with Crippen molar-refractivity contribution in [2.45, 2.75) is 44.1 Å². The zero-order valence-electron chi connectivity index (χ0n) is 15.6. The molecule has 2 aliphatic rings. The number of rotatable bonds is 3. The molecular formula is C21H25NO5. The van der Waals surface area contributed by atoms with Gasteiger partial charge in [-0.1, -0.05) is 12.8 Å². The van der Waals surface area contributed by atoms with Gasteiger partial charge in [0.15, 0.2) is 0 Å². The summed E-state index contributed by atoms with van der Waals surface area (Å²) in [5.41, 5.74) is 0.00807. The Bertz CT molecular complexity index is 920. The molecular weight excluding hydrogens is 346 g/mol. The Balaban J connectivity index is 1.55. The quantitative estimate of drug-likeness (QED) is 0.839. The van der Waals surface area contributed by atoms with Gasteiger partial charge in [0.25, 0.3) is 0 Å². The van der Waals surface area contributed by atoms with E-state index >= 15 is 0 Å². The van der Waals surface area contributed by atoms with E-state index in [4.69, 9.17) is 9.15 Å². The van der Waals surface area contributed by atoms with Crippen LogP contribution < -0.4 is 10.4 Å². The Labute approximate surface area is 157 Å². The first-order valence-electron chi connectivity index (χ1n) is 9.59. The van der Waals surface area contributed by atoms with Crippen LogP contribution in [0.4, 0.5) is 0 Å². The second kappa shape index (κ2) is 7.00. The molecule has 1 aliphatic heterocycles. The average molecular weight is 371 g/mol. The Morgan fingerprint density at radius 3 is 3.00 bits per heavy atom. The van der Waals surface area contributed by atoms with Crippen molar-refractivity contribution in [1.82, 2.24) is 4.90 Å². The van der Waals surface area contributed by atoms with Crippen molar-refractivity contribution < 1.29 is 19.1 Å². The molecule has 0 unspecified atom stereocenters. The first-order valence-corrected chi connectivity index (χ1v) is 9.59. The van der Waals surface area contributed by atoms with Gasteiger partial charge in [-0.25, -0.2) is 4.79 Å². The zero-order valence-corrected chi connectivity index (χ0v) is 15.6. The lowest BCUT2D eigenvalue weighted by molar-refractivity contribution is -0.142. The minimum Gasteiger partial charge on any atom is -0.497 e. The number of carbonyl (C=O) groups is 1. The third-order valence-electron chi connectivity index (χ3n) is 6.16. The highest BCUT2D eigenvalue weighted by atomic mass is 16.5. The van der Waals surface area contributed by atoms with Crippen molar-refractivity contribution in [1.29, 1.82) is 0 Å². The van der Waals surface area contributed by atoms with E-state index < -0.39 is 11.2 Å². The van der Waals surface area contributed by atoms with Crippen LogP contribution in [0.2, 0.25) is 0 Å². The van der Waals surface area contributed by atoms with E-state index in [2.05, 4.69) is 0 Å². The van der Waals surface area contributed by atoms with Crippen molar-refractivity contribution in [3.8, 4) is 5.75 Å². The molecule has 6 nitrogen and oxygen atoms in total. The van der Waals surface area contributed by atoms with Crippen molar-refractivity contribution >= 4 is 16.9 Å². The molecule has 1 aromatic heterocycles. The summed E-state index contributed by atoms with van der Waals surface area (Å²) in [6.07, 6.45) is 4.78. The number of carbonyl (C=O) groups excluding carboxylic acids is 1. The van der Waals surface area contributed by atoms with E-state index in [1.165, 1.54) is 6.07 Å². The summed E-state index contributed by atoms with van der Waals surface area (Å²) in [5, 5.41) is 11.5. The minimum absolute atomic E-state index is 0.00894. The van der Waals surface area contributed by atoms with Crippen LogP contribution in [0.5, 0.6) is 5.75 Å². The molecule has 4 rings (SSSR count). The van der Waals surface area contributed by atoms with E-state index in [0.29, 0.717) is 36.4 Å². The predicted molar refractivity (Wildman–Crippen MR) is 101 cm³/mol. The van der Waals surface area contributed by atoms with Gasteiger partial charge in [-0.05, 0) is 37.0 Å². The van der Waals surface area contributed by atoms with Crippen LogP contribution in [-0.4, -0.2) is 41.7 Å². The molecule has 2 fully saturated rings. The first kappa shape index (κ1) is 18.0. The molecule has 2 atom stereocenters. The van der Waals surface area contributed by atoms with Crippen molar-refractivity contribution in [2.24, 2.45) is 5.92 Å². The highest BCUT2D eigenvalue weighted by Crippen LogP contribution is 2.39. The Morgan fingerprint density at radius 2 is 2.19 bits per heavy atom. The largest absolute Gasteiger partial charge is 0.497 e. The molecule has 1 amide bonds. The number of amides is 1. The van der Waals surface area contributed by atoms with Gasteiger partial charge in [-0.15, -0.1) is 0 Å². The average Bonchev–Trinajstić information content (AvgIpc) is 2.66. The fourth-order valence-electron chi connectivity index (χ4n) is 4.56. The van der Waals surface area contributed by atoms with Crippen LogP contribution >= 0.6 is 0 Å². The van der Waals surface area contributed by atoms with Gasteiger partial charge >= 0.3 is 5.63 Å². The van der Waals surface area contributed by atoms with Gasteiger partial charge in [-0.2, -0.15) is 0 Å². The number of piperidine rings is 1. The van der Waals surface area contributed by atoms with E-state index in [-0.39, 0.29) is 18.2 Å². The van der Waals surface area contributed by atoms with E-state index in [0.717, 1.165) is 31.1 Å². The van der Waals surface area contributed by atoms with E-state index in [1.54, 1.807) is 19.2 Å². The van der Waals surface area contributed by atoms with Crippen molar-refractivity contribution in [3.05, 3.63) is 40.2 Å². The second-order valence-corrected chi connectivity index (χ2v) is 7.77. The Hall–Kier alpha value is -2.34. The van der Waals surface area contributed by atoms with Crippen LogP contribution in [0.15, 0.2) is 33.5 Å². The third-order valence-corrected chi connectivity index (χ3v) is 6.16. The molecule has 144 valence electrons. The molecule has 6 heteroatoms. The summed E-state index contributed by atoms with van der Waals surface area (Å²) >= 11 is 0. The highest BCUT2D eigenvalue weighted by Gasteiger charge is 2.43. The van der Waals surface area contributed by atoms with Crippen LogP contribution in [0.1, 0.15) is 37.7 Å². The fourth-order valence-corrected chi connectivity index (χ4v) is 4.56. The van der Waals surface area contributed by atoms with Gasteiger partial charge in [-0.3, -0.25) is 4.79 Å². The molecule has 0 radical (unpaired) electrons. The monoisotopic (exact) mass is 371 g/mol. The number of aliphatic hydroxyl groups is 1. The lowest BCUT2D eigenvalue weighted by Crippen LogP contribution is -2.54. The molecule has 0 spiro atoms. The van der Waals surface area contributed by atoms with Crippen molar-refractivity contribution in [3.63, 3.8) is 0 Å². The predicted octanol–water partition coefficient (Wildman–Crippen LogP) is 2.50. The summed E-state index contributed by atoms with van der Waals surface area (Å²) in [6.45, 7) is 1.17. The zero-order chi connectivity index (χ0) is 19.0. The number of methoxy groups -OCH3 is 1. The molecule has 1 saturated heterocycles. The number of hydrogen-bond donors (Lipinski definition) is 1. The Morgan fingerprint density at radius 1 is 1.33 bits per heavy atom. The van der Waals surface area contributed by atoms with Gasteiger partial charge in [0.2, 0.25) is 5.91 Å². The van der Waals surface area contributed by atoms with Crippen molar-refractivity contribution in [2.75, 3.05) is 20.2 Å². The first-order chi connectivity index (χ1) is 13.0.